The number of rotatable bonds is 3. The maximum Gasteiger partial charge on any atom is 0.0325 e. The molecule has 2 heteroatoms. The van der Waals surface area contributed by atoms with Crippen molar-refractivity contribution >= 4 is 0 Å². The summed E-state index contributed by atoms with van der Waals surface area (Å²) in [6.07, 6.45) is 0. The third-order valence-electron chi connectivity index (χ3n) is 2.21. The quantitative estimate of drug-likeness (QED) is 0.657. The van der Waals surface area contributed by atoms with Crippen molar-refractivity contribution in [3.05, 3.63) is 0 Å². The lowest BCUT2D eigenvalue weighted by molar-refractivity contribution is 0.0876. The van der Waals surface area contributed by atoms with Gasteiger partial charge in [0.1, 0.15) is 0 Å². The zero-order valence-electron chi connectivity index (χ0n) is 8.09. The van der Waals surface area contributed by atoms with Crippen molar-refractivity contribution in [2.75, 3.05) is 13.1 Å². The minimum atomic E-state index is 0.634. The number of hydrogen-bond acceptors (Lipinski definition) is 2. The summed E-state index contributed by atoms with van der Waals surface area (Å²) in [6.45, 7) is 11.4. The van der Waals surface area contributed by atoms with E-state index in [2.05, 4.69) is 37.9 Å². The molecular weight excluding hydrogens is 136 g/mol. The first-order chi connectivity index (χ1) is 5.09. The molecule has 1 aliphatic rings. The van der Waals surface area contributed by atoms with E-state index in [0.29, 0.717) is 6.04 Å². The fourth-order valence-electron chi connectivity index (χ4n) is 1.51. The summed E-state index contributed by atoms with van der Waals surface area (Å²) in [5, 5.41) is 3.52. The van der Waals surface area contributed by atoms with Gasteiger partial charge in [-0.3, -0.25) is 4.90 Å². The molecule has 0 aliphatic carbocycles. The van der Waals surface area contributed by atoms with Crippen LogP contribution in [0.15, 0.2) is 0 Å². The monoisotopic (exact) mass is 156 g/mol. The van der Waals surface area contributed by atoms with Crippen LogP contribution in [0.2, 0.25) is 0 Å². The Morgan fingerprint density at radius 2 is 1.73 bits per heavy atom. The zero-order valence-corrected chi connectivity index (χ0v) is 8.09. The third kappa shape index (κ3) is 2.46. The molecule has 0 unspecified atom stereocenters. The summed E-state index contributed by atoms with van der Waals surface area (Å²) in [4.78, 5) is 2.49. The SMILES string of the molecule is CC(C)NC1CN(C(C)C)C1. The van der Waals surface area contributed by atoms with Crippen LogP contribution in [0.25, 0.3) is 0 Å². The van der Waals surface area contributed by atoms with Crippen LogP contribution >= 0.6 is 0 Å². The highest BCUT2D eigenvalue weighted by molar-refractivity contribution is 4.88. The van der Waals surface area contributed by atoms with Gasteiger partial charge in [0.05, 0.1) is 0 Å². The van der Waals surface area contributed by atoms with Gasteiger partial charge >= 0.3 is 0 Å². The Labute approximate surface area is 70.0 Å². The average molecular weight is 156 g/mol. The molecule has 0 saturated carbocycles. The summed E-state index contributed by atoms with van der Waals surface area (Å²) in [7, 11) is 0. The van der Waals surface area contributed by atoms with Crippen LogP contribution < -0.4 is 5.32 Å². The number of likely N-dealkylation sites (tertiary alicyclic amines) is 1. The summed E-state index contributed by atoms with van der Waals surface area (Å²) in [5.41, 5.74) is 0. The molecule has 1 fully saturated rings. The van der Waals surface area contributed by atoms with Crippen LogP contribution in [0.5, 0.6) is 0 Å². The first-order valence-corrected chi connectivity index (χ1v) is 4.59. The van der Waals surface area contributed by atoms with Crippen molar-refractivity contribution in [2.24, 2.45) is 0 Å². The summed E-state index contributed by atoms with van der Waals surface area (Å²) < 4.78 is 0. The summed E-state index contributed by atoms with van der Waals surface area (Å²) in [5.74, 6) is 0. The number of hydrogen-bond donors (Lipinski definition) is 1. The molecule has 0 atom stereocenters. The van der Waals surface area contributed by atoms with Crippen LogP contribution in [-0.2, 0) is 0 Å². The molecule has 66 valence electrons. The van der Waals surface area contributed by atoms with E-state index >= 15 is 0 Å². The third-order valence-corrected chi connectivity index (χ3v) is 2.21. The number of nitrogens with one attached hydrogen (secondary N) is 1. The molecule has 0 aromatic carbocycles. The highest BCUT2D eigenvalue weighted by atomic mass is 15.3. The van der Waals surface area contributed by atoms with E-state index in [1.165, 1.54) is 13.1 Å². The Kier molecular flexibility index (Phi) is 2.90. The molecule has 1 heterocycles. The molecule has 0 amide bonds. The largest absolute Gasteiger partial charge is 0.309 e. The molecular formula is C9H20N2. The van der Waals surface area contributed by atoms with Gasteiger partial charge in [0.25, 0.3) is 0 Å². The molecule has 0 aromatic heterocycles. The Morgan fingerprint density at radius 3 is 2.09 bits per heavy atom. The first-order valence-electron chi connectivity index (χ1n) is 4.59. The van der Waals surface area contributed by atoms with Crippen molar-refractivity contribution in [1.82, 2.24) is 10.2 Å². The first kappa shape index (κ1) is 9.01. The molecule has 0 aromatic rings. The van der Waals surface area contributed by atoms with Crippen LogP contribution in [0.3, 0.4) is 0 Å². The van der Waals surface area contributed by atoms with Gasteiger partial charge in [-0.15, -0.1) is 0 Å². The van der Waals surface area contributed by atoms with Gasteiger partial charge in [-0.2, -0.15) is 0 Å². The molecule has 11 heavy (non-hydrogen) atoms. The van der Waals surface area contributed by atoms with E-state index in [-0.39, 0.29) is 0 Å². The highest BCUT2D eigenvalue weighted by Crippen LogP contribution is 2.11. The van der Waals surface area contributed by atoms with Crippen LogP contribution in [0.4, 0.5) is 0 Å². The van der Waals surface area contributed by atoms with E-state index in [1.54, 1.807) is 0 Å². The Morgan fingerprint density at radius 1 is 1.18 bits per heavy atom. The fourth-order valence-corrected chi connectivity index (χ4v) is 1.51. The molecule has 0 spiro atoms. The Hall–Kier alpha value is -0.0800. The molecule has 1 rings (SSSR count). The maximum atomic E-state index is 3.52. The standard InChI is InChI=1S/C9H20N2/c1-7(2)10-9-5-11(6-9)8(3)4/h7-10H,5-6H2,1-4H3. The lowest BCUT2D eigenvalue weighted by Crippen LogP contribution is -2.61. The van der Waals surface area contributed by atoms with E-state index in [0.717, 1.165) is 12.1 Å². The molecule has 1 N–H and O–H groups in total. The predicted molar refractivity (Wildman–Crippen MR) is 48.8 cm³/mol. The van der Waals surface area contributed by atoms with Gasteiger partial charge < -0.3 is 5.32 Å². The smallest absolute Gasteiger partial charge is 0.0325 e. The number of nitrogens with zero attached hydrogens (tertiary/aromatic N) is 1. The molecule has 0 radical (unpaired) electrons. The van der Waals surface area contributed by atoms with E-state index in [9.17, 15) is 0 Å². The molecule has 2 nitrogen and oxygen atoms in total. The highest BCUT2D eigenvalue weighted by Gasteiger charge is 2.27. The van der Waals surface area contributed by atoms with Crippen LogP contribution in [0, 0.1) is 0 Å². The van der Waals surface area contributed by atoms with Gasteiger partial charge in [-0.05, 0) is 13.8 Å². The lowest BCUT2D eigenvalue weighted by Gasteiger charge is -2.43. The molecule has 1 aliphatic heterocycles. The predicted octanol–water partition coefficient (Wildman–Crippen LogP) is 1.08. The van der Waals surface area contributed by atoms with Crippen molar-refractivity contribution in [3.63, 3.8) is 0 Å². The molecule has 0 bridgehead atoms. The Bertz CT molecular complexity index is 115. The summed E-state index contributed by atoms with van der Waals surface area (Å²) in [6, 6.07) is 2.10. The van der Waals surface area contributed by atoms with Gasteiger partial charge in [0.15, 0.2) is 0 Å². The second-order valence-corrected chi connectivity index (χ2v) is 4.07. The Balaban J connectivity index is 2.09. The minimum absolute atomic E-state index is 0.634. The topological polar surface area (TPSA) is 15.3 Å². The second-order valence-electron chi connectivity index (χ2n) is 4.07. The van der Waals surface area contributed by atoms with Crippen LogP contribution in [0.1, 0.15) is 27.7 Å². The fraction of sp³-hybridized carbons (Fsp3) is 1.00. The van der Waals surface area contributed by atoms with Gasteiger partial charge in [-0.1, -0.05) is 13.8 Å². The van der Waals surface area contributed by atoms with Crippen molar-refractivity contribution in [2.45, 2.75) is 45.8 Å². The van der Waals surface area contributed by atoms with Gasteiger partial charge in [-0.25, -0.2) is 0 Å². The molecule has 1 saturated heterocycles. The van der Waals surface area contributed by atoms with Gasteiger partial charge in [0.2, 0.25) is 0 Å². The second kappa shape index (κ2) is 3.55. The maximum absolute atomic E-state index is 3.52. The van der Waals surface area contributed by atoms with Crippen molar-refractivity contribution in [1.29, 1.82) is 0 Å². The van der Waals surface area contributed by atoms with E-state index in [1.807, 2.05) is 0 Å². The van der Waals surface area contributed by atoms with Crippen molar-refractivity contribution < 1.29 is 0 Å². The van der Waals surface area contributed by atoms with Crippen LogP contribution in [-0.4, -0.2) is 36.1 Å². The van der Waals surface area contributed by atoms with E-state index in [4.69, 9.17) is 0 Å². The normalized spacial score (nSPS) is 21.3. The van der Waals surface area contributed by atoms with E-state index < -0.39 is 0 Å². The average Bonchev–Trinajstić information content (AvgIpc) is 1.75. The zero-order chi connectivity index (χ0) is 8.43. The summed E-state index contributed by atoms with van der Waals surface area (Å²) >= 11 is 0. The van der Waals surface area contributed by atoms with Crippen molar-refractivity contribution in [3.8, 4) is 0 Å². The minimum Gasteiger partial charge on any atom is -0.309 e. The lowest BCUT2D eigenvalue weighted by atomic mass is 10.1. The van der Waals surface area contributed by atoms with Gasteiger partial charge in [0, 0.05) is 31.2 Å².